The van der Waals surface area contributed by atoms with Crippen LogP contribution in [-0.4, -0.2) is 52.6 Å². The Kier molecular flexibility index (Phi) is 7.09. The van der Waals surface area contributed by atoms with Crippen molar-refractivity contribution in [1.29, 1.82) is 0 Å². The van der Waals surface area contributed by atoms with Gasteiger partial charge in [-0.05, 0) is 25.8 Å². The van der Waals surface area contributed by atoms with E-state index in [2.05, 4.69) is 20.6 Å². The molecule has 2 aromatic rings. The van der Waals surface area contributed by atoms with Crippen LogP contribution in [0.4, 0.5) is 23.4 Å². The van der Waals surface area contributed by atoms with Crippen LogP contribution >= 0.6 is 0 Å². The predicted octanol–water partition coefficient (Wildman–Crippen LogP) is 3.29. The van der Waals surface area contributed by atoms with Crippen LogP contribution in [0, 0.1) is 12.7 Å². The van der Waals surface area contributed by atoms with Crippen molar-refractivity contribution in [3.05, 3.63) is 52.2 Å². The van der Waals surface area contributed by atoms with Gasteiger partial charge in [0.15, 0.2) is 6.29 Å². The molecular weight excluding hydrogens is 472 g/mol. The van der Waals surface area contributed by atoms with E-state index in [1.54, 1.807) is 6.92 Å². The van der Waals surface area contributed by atoms with Crippen LogP contribution in [0.15, 0.2) is 18.2 Å². The van der Waals surface area contributed by atoms with Gasteiger partial charge in [0.25, 0.3) is 11.8 Å². The van der Waals surface area contributed by atoms with Crippen molar-refractivity contribution in [3.8, 4) is 0 Å². The summed E-state index contributed by atoms with van der Waals surface area (Å²) >= 11 is 0. The fourth-order valence-corrected chi connectivity index (χ4v) is 3.94. The van der Waals surface area contributed by atoms with Gasteiger partial charge in [0, 0.05) is 18.9 Å². The van der Waals surface area contributed by atoms with Gasteiger partial charge in [0.05, 0.1) is 35.6 Å². The number of ether oxygens (including phenoxy) is 2. The number of rotatable bonds is 9. The highest BCUT2D eigenvalue weighted by atomic mass is 19.3. The number of anilines is 1. The van der Waals surface area contributed by atoms with Crippen molar-refractivity contribution in [2.45, 2.75) is 57.1 Å². The third-order valence-electron chi connectivity index (χ3n) is 5.91. The van der Waals surface area contributed by atoms with E-state index in [1.807, 2.05) is 0 Å². The molecule has 1 atom stereocenters. The summed E-state index contributed by atoms with van der Waals surface area (Å²) in [7, 11) is 0. The summed E-state index contributed by atoms with van der Waals surface area (Å²) in [6.45, 7) is 1.95. The first-order valence-electron chi connectivity index (χ1n) is 11.1. The fourth-order valence-electron chi connectivity index (χ4n) is 3.94. The number of nitrogens with zero attached hydrogens (tertiary/aromatic N) is 2. The average Bonchev–Trinajstić information content (AvgIpc) is 3.33. The first kappa shape index (κ1) is 25.4. The van der Waals surface area contributed by atoms with E-state index in [0.717, 1.165) is 18.2 Å². The van der Waals surface area contributed by atoms with E-state index in [4.69, 9.17) is 9.47 Å². The summed E-state index contributed by atoms with van der Waals surface area (Å²) in [5.41, 5.74) is -1.80. The minimum atomic E-state index is -3.49. The number of hydrogen-bond donors (Lipinski definition) is 3. The zero-order valence-corrected chi connectivity index (χ0v) is 19.2. The van der Waals surface area contributed by atoms with Gasteiger partial charge in [-0.1, -0.05) is 12.1 Å². The molecule has 1 aromatic heterocycles. The first-order chi connectivity index (χ1) is 16.5. The van der Waals surface area contributed by atoms with Crippen LogP contribution < -0.4 is 10.6 Å². The number of aromatic nitrogens is 2. The summed E-state index contributed by atoms with van der Waals surface area (Å²) in [6.07, 6.45) is -1.05. The van der Waals surface area contributed by atoms with Gasteiger partial charge in [0.1, 0.15) is 30.4 Å². The van der Waals surface area contributed by atoms with Crippen LogP contribution in [0.25, 0.3) is 0 Å². The van der Waals surface area contributed by atoms with E-state index < -0.39 is 53.5 Å². The van der Waals surface area contributed by atoms with Crippen LogP contribution in [0.1, 0.15) is 59.1 Å². The molecule has 0 spiro atoms. The SMILES string of the molecule is Cc1nc(CC(O)NC2(CF)CC2)c(C2OCCO2)c(NC(=O)c2cccc(C(C)(F)F)c2F)n1. The number of halogens is 4. The maximum absolute atomic E-state index is 14.8. The Labute approximate surface area is 199 Å². The summed E-state index contributed by atoms with van der Waals surface area (Å²) in [4.78, 5) is 21.5. The molecule has 2 aliphatic rings. The lowest BCUT2D eigenvalue weighted by Gasteiger charge is -2.23. The summed E-state index contributed by atoms with van der Waals surface area (Å²) in [6, 6.07) is 3.14. The zero-order chi connectivity index (χ0) is 25.4. The van der Waals surface area contributed by atoms with E-state index >= 15 is 0 Å². The highest BCUT2D eigenvalue weighted by Gasteiger charge is 2.44. The van der Waals surface area contributed by atoms with Gasteiger partial charge in [-0.3, -0.25) is 10.1 Å². The summed E-state index contributed by atoms with van der Waals surface area (Å²) in [5, 5.41) is 15.8. The minimum absolute atomic E-state index is 0.0729. The fraction of sp³-hybridized carbons (Fsp3) is 0.522. The average molecular weight is 498 g/mol. The van der Waals surface area contributed by atoms with Gasteiger partial charge in [-0.2, -0.15) is 0 Å². The molecule has 3 N–H and O–H groups in total. The Morgan fingerprint density at radius 1 is 1.29 bits per heavy atom. The molecule has 1 saturated carbocycles. The number of aryl methyl sites for hydroxylation is 1. The predicted molar refractivity (Wildman–Crippen MR) is 116 cm³/mol. The molecule has 0 bridgehead atoms. The molecule has 4 rings (SSSR count). The lowest BCUT2D eigenvalue weighted by atomic mass is 10.0. The second kappa shape index (κ2) is 9.76. The van der Waals surface area contributed by atoms with E-state index in [9.17, 15) is 27.5 Å². The van der Waals surface area contributed by atoms with Crippen molar-refractivity contribution in [1.82, 2.24) is 15.3 Å². The van der Waals surface area contributed by atoms with E-state index in [0.29, 0.717) is 19.8 Å². The van der Waals surface area contributed by atoms with Crippen molar-refractivity contribution in [3.63, 3.8) is 0 Å². The molecule has 1 amide bonds. The normalized spacial score (nSPS) is 18.5. The van der Waals surface area contributed by atoms with Gasteiger partial charge in [0.2, 0.25) is 0 Å². The van der Waals surface area contributed by atoms with Crippen molar-refractivity contribution in [2.24, 2.45) is 0 Å². The van der Waals surface area contributed by atoms with Crippen LogP contribution in [-0.2, 0) is 21.8 Å². The maximum atomic E-state index is 14.8. The number of benzene rings is 1. The maximum Gasteiger partial charge on any atom is 0.273 e. The third kappa shape index (κ3) is 5.61. The third-order valence-corrected chi connectivity index (χ3v) is 5.91. The molecule has 1 aromatic carbocycles. The zero-order valence-electron chi connectivity index (χ0n) is 19.2. The molecule has 2 fully saturated rings. The number of aliphatic hydroxyl groups is 1. The quantitative estimate of drug-likeness (QED) is 0.360. The van der Waals surface area contributed by atoms with Crippen LogP contribution in [0.3, 0.4) is 0 Å². The van der Waals surface area contributed by atoms with Gasteiger partial charge in [-0.25, -0.2) is 27.5 Å². The first-order valence-corrected chi connectivity index (χ1v) is 11.1. The molecule has 8 nitrogen and oxygen atoms in total. The topological polar surface area (TPSA) is 106 Å². The summed E-state index contributed by atoms with van der Waals surface area (Å²) < 4.78 is 66.6. The molecule has 1 saturated heterocycles. The molecule has 35 heavy (non-hydrogen) atoms. The van der Waals surface area contributed by atoms with Gasteiger partial charge in [-0.15, -0.1) is 0 Å². The molecule has 190 valence electrons. The number of amides is 1. The van der Waals surface area contributed by atoms with Gasteiger partial charge >= 0.3 is 0 Å². The Balaban J connectivity index is 1.66. The van der Waals surface area contributed by atoms with Crippen molar-refractivity contribution < 1.29 is 36.9 Å². The summed E-state index contributed by atoms with van der Waals surface area (Å²) in [5.74, 6) is -5.71. The monoisotopic (exact) mass is 498 g/mol. The number of carbonyl (C=O) groups is 1. The lowest BCUT2D eigenvalue weighted by Crippen LogP contribution is -2.43. The molecule has 1 unspecified atom stereocenters. The number of alkyl halides is 3. The Bertz CT molecular complexity index is 1100. The van der Waals surface area contributed by atoms with Crippen molar-refractivity contribution >= 4 is 11.7 Å². The molecule has 12 heteroatoms. The highest BCUT2D eigenvalue weighted by Crippen LogP contribution is 2.37. The molecule has 2 heterocycles. The standard InChI is InChI=1S/C23H26F4N4O4/c1-12-28-15(10-16(32)31-23(11-24)6-7-23)17(21-34-8-9-35-21)19(29-12)30-20(33)13-4-3-5-14(18(13)25)22(2,26)27/h3-5,16,21,31-32H,6-11H2,1-2H3,(H,28,29,30,33). The van der Waals surface area contributed by atoms with E-state index in [-0.39, 0.29) is 42.5 Å². The lowest BCUT2D eigenvalue weighted by molar-refractivity contribution is -0.0450. The minimum Gasteiger partial charge on any atom is -0.378 e. The molecular formula is C23H26F4N4O4. The molecule has 0 radical (unpaired) electrons. The number of nitrogens with one attached hydrogen (secondary N) is 2. The van der Waals surface area contributed by atoms with Crippen LogP contribution in [0.2, 0.25) is 0 Å². The molecule has 1 aliphatic carbocycles. The Morgan fingerprint density at radius 2 is 1.97 bits per heavy atom. The second-order valence-electron chi connectivity index (χ2n) is 8.84. The number of carbonyl (C=O) groups excluding carboxylic acids is 1. The van der Waals surface area contributed by atoms with Crippen molar-refractivity contribution in [2.75, 3.05) is 25.2 Å². The number of hydrogen-bond acceptors (Lipinski definition) is 7. The highest BCUT2D eigenvalue weighted by molar-refractivity contribution is 6.04. The Morgan fingerprint density at radius 3 is 2.57 bits per heavy atom. The van der Waals surface area contributed by atoms with Crippen LogP contribution in [0.5, 0.6) is 0 Å². The van der Waals surface area contributed by atoms with E-state index in [1.165, 1.54) is 0 Å². The number of aliphatic hydroxyl groups excluding tert-OH is 1. The molecule has 1 aliphatic heterocycles. The van der Waals surface area contributed by atoms with Gasteiger partial charge < -0.3 is 19.9 Å². The Hall–Kier alpha value is -2.67. The largest absolute Gasteiger partial charge is 0.378 e. The smallest absolute Gasteiger partial charge is 0.273 e. The second-order valence-corrected chi connectivity index (χ2v) is 8.84.